The van der Waals surface area contributed by atoms with Gasteiger partial charge in [-0.15, -0.1) is 0 Å². The van der Waals surface area contributed by atoms with Crippen molar-refractivity contribution in [2.45, 2.75) is 37.1 Å². The molecule has 1 aliphatic carbocycles. The van der Waals surface area contributed by atoms with Gasteiger partial charge in [0.15, 0.2) is 0 Å². The number of hydrogen-bond donors (Lipinski definition) is 1. The van der Waals surface area contributed by atoms with Crippen molar-refractivity contribution in [3.63, 3.8) is 0 Å². The highest BCUT2D eigenvalue weighted by atomic mass is 35.5. The average molecular weight is 304 g/mol. The summed E-state index contributed by atoms with van der Waals surface area (Å²) in [7, 11) is -1.80. The van der Waals surface area contributed by atoms with Crippen molar-refractivity contribution >= 4 is 27.4 Å². The zero-order valence-electron chi connectivity index (χ0n) is 11.1. The summed E-state index contributed by atoms with van der Waals surface area (Å²) < 4.78 is 26.7. The lowest BCUT2D eigenvalue weighted by molar-refractivity contribution is 0.403. The summed E-state index contributed by atoms with van der Waals surface area (Å²) >= 11 is 6.00. The van der Waals surface area contributed by atoms with Crippen LogP contribution in [0.25, 0.3) is 0 Å². The summed E-state index contributed by atoms with van der Waals surface area (Å²) in [6.07, 6.45) is 4.04. The molecule has 0 spiro atoms. The molecule has 5 nitrogen and oxygen atoms in total. The van der Waals surface area contributed by atoms with Crippen LogP contribution in [0.15, 0.2) is 17.2 Å². The molecule has 19 heavy (non-hydrogen) atoms. The fraction of sp³-hybridized carbons (Fsp3) is 0.583. The number of pyridine rings is 1. The Bertz CT molecular complexity index is 558. The summed E-state index contributed by atoms with van der Waals surface area (Å²) in [5, 5.41) is 3.13. The van der Waals surface area contributed by atoms with Crippen LogP contribution in [-0.4, -0.2) is 37.3 Å². The molecule has 7 heteroatoms. The maximum Gasteiger partial charge on any atom is 0.244 e. The zero-order chi connectivity index (χ0) is 14.0. The number of sulfonamides is 1. The molecule has 1 fully saturated rings. The first-order valence-corrected chi connectivity index (χ1v) is 8.17. The fourth-order valence-corrected chi connectivity index (χ4v) is 4.04. The van der Waals surface area contributed by atoms with Crippen molar-refractivity contribution < 1.29 is 8.42 Å². The van der Waals surface area contributed by atoms with Gasteiger partial charge in [-0.25, -0.2) is 13.4 Å². The number of nitrogens with zero attached hydrogens (tertiary/aromatic N) is 2. The summed E-state index contributed by atoms with van der Waals surface area (Å²) in [6, 6.07) is 1.61. The van der Waals surface area contributed by atoms with Gasteiger partial charge in [-0.2, -0.15) is 4.31 Å². The Labute approximate surface area is 119 Å². The van der Waals surface area contributed by atoms with E-state index in [0.717, 1.165) is 19.3 Å². The van der Waals surface area contributed by atoms with Crippen LogP contribution in [-0.2, 0) is 10.0 Å². The molecule has 1 heterocycles. The Balaban J connectivity index is 2.34. The molecule has 0 radical (unpaired) electrons. The highest BCUT2D eigenvalue weighted by Gasteiger charge is 2.37. The number of halogens is 1. The first-order chi connectivity index (χ1) is 9.00. The van der Waals surface area contributed by atoms with E-state index in [9.17, 15) is 8.42 Å². The van der Waals surface area contributed by atoms with E-state index >= 15 is 0 Å². The molecular formula is C12H18ClN3O2S. The summed E-state index contributed by atoms with van der Waals surface area (Å²) in [5.41, 5.74) is 0. The van der Waals surface area contributed by atoms with Crippen LogP contribution in [0.3, 0.4) is 0 Å². The van der Waals surface area contributed by atoms with Crippen molar-refractivity contribution in [3.8, 4) is 0 Å². The molecule has 106 valence electrons. The van der Waals surface area contributed by atoms with Gasteiger partial charge in [-0.05, 0) is 25.3 Å². The van der Waals surface area contributed by atoms with Crippen LogP contribution in [0.2, 0.25) is 5.02 Å². The summed E-state index contributed by atoms with van der Waals surface area (Å²) in [6.45, 7) is 2.51. The number of anilines is 1. The minimum Gasteiger partial charge on any atom is -0.372 e. The lowest BCUT2D eigenvalue weighted by atomic mass is 10.4. The van der Waals surface area contributed by atoms with E-state index in [4.69, 9.17) is 11.6 Å². The standard InChI is InChI=1S/C12H18ClN3O2S/c1-3-6-16(9-4-5-9)19(17,18)10-7-11(13)12(14-2)15-8-10/h7-9H,3-6H2,1-2H3,(H,14,15). The first kappa shape index (κ1) is 14.6. The normalized spacial score (nSPS) is 15.8. The molecule has 1 saturated carbocycles. The van der Waals surface area contributed by atoms with Crippen molar-refractivity contribution in [2.75, 3.05) is 18.9 Å². The Morgan fingerprint density at radius 1 is 1.53 bits per heavy atom. The van der Waals surface area contributed by atoms with Gasteiger partial charge in [0.2, 0.25) is 10.0 Å². The van der Waals surface area contributed by atoms with Gasteiger partial charge in [0.05, 0.1) is 5.02 Å². The first-order valence-electron chi connectivity index (χ1n) is 6.35. The Morgan fingerprint density at radius 2 is 2.21 bits per heavy atom. The molecule has 1 aliphatic rings. The SMILES string of the molecule is CCCN(C1CC1)S(=O)(=O)c1cnc(NC)c(Cl)c1. The van der Waals surface area contributed by atoms with E-state index in [0.29, 0.717) is 17.4 Å². The van der Waals surface area contributed by atoms with Crippen molar-refractivity contribution in [3.05, 3.63) is 17.3 Å². The van der Waals surface area contributed by atoms with E-state index in [-0.39, 0.29) is 10.9 Å². The zero-order valence-corrected chi connectivity index (χ0v) is 12.6. The predicted octanol–water partition coefficient (Wildman–Crippen LogP) is 2.34. The highest BCUT2D eigenvalue weighted by molar-refractivity contribution is 7.89. The van der Waals surface area contributed by atoms with E-state index in [2.05, 4.69) is 10.3 Å². The topological polar surface area (TPSA) is 62.3 Å². The van der Waals surface area contributed by atoms with Gasteiger partial charge in [0.25, 0.3) is 0 Å². The lowest BCUT2D eigenvalue weighted by Crippen LogP contribution is -2.33. The lowest BCUT2D eigenvalue weighted by Gasteiger charge is -2.21. The second kappa shape index (κ2) is 5.64. The van der Waals surface area contributed by atoms with Gasteiger partial charge < -0.3 is 5.32 Å². The minimum absolute atomic E-state index is 0.146. The minimum atomic E-state index is -3.49. The Kier molecular flexibility index (Phi) is 4.32. The van der Waals surface area contributed by atoms with Gasteiger partial charge >= 0.3 is 0 Å². The largest absolute Gasteiger partial charge is 0.372 e. The highest BCUT2D eigenvalue weighted by Crippen LogP contribution is 2.33. The number of nitrogens with one attached hydrogen (secondary N) is 1. The second-order valence-corrected chi connectivity index (χ2v) is 6.90. The molecular weight excluding hydrogens is 286 g/mol. The Morgan fingerprint density at radius 3 is 2.68 bits per heavy atom. The van der Waals surface area contributed by atoms with E-state index in [1.54, 1.807) is 11.4 Å². The third-order valence-electron chi connectivity index (χ3n) is 3.06. The molecule has 0 aromatic carbocycles. The molecule has 1 aromatic heterocycles. The average Bonchev–Trinajstić information content (AvgIpc) is 3.19. The number of rotatable bonds is 6. The quantitative estimate of drug-likeness (QED) is 0.876. The van der Waals surface area contributed by atoms with Gasteiger partial charge in [-0.1, -0.05) is 18.5 Å². The van der Waals surface area contributed by atoms with Gasteiger partial charge in [-0.3, -0.25) is 0 Å². The molecule has 0 bridgehead atoms. The van der Waals surface area contributed by atoms with Crippen LogP contribution < -0.4 is 5.32 Å². The number of hydrogen-bond acceptors (Lipinski definition) is 4. The smallest absolute Gasteiger partial charge is 0.244 e. The van der Waals surface area contributed by atoms with Gasteiger partial charge in [0.1, 0.15) is 10.7 Å². The Hall–Kier alpha value is -0.850. The third-order valence-corrected chi connectivity index (χ3v) is 5.26. The molecule has 1 N–H and O–H groups in total. The van der Waals surface area contributed by atoms with Crippen molar-refractivity contribution in [1.29, 1.82) is 0 Å². The molecule has 0 saturated heterocycles. The maximum absolute atomic E-state index is 12.6. The van der Waals surface area contributed by atoms with Crippen molar-refractivity contribution in [1.82, 2.24) is 9.29 Å². The van der Waals surface area contributed by atoms with Crippen molar-refractivity contribution in [2.24, 2.45) is 0 Å². The summed E-state index contributed by atoms with van der Waals surface area (Å²) in [4.78, 5) is 4.20. The van der Waals surface area contributed by atoms with Crippen LogP contribution in [0, 0.1) is 0 Å². The predicted molar refractivity (Wildman–Crippen MR) is 76.0 cm³/mol. The van der Waals surface area contributed by atoms with Crippen LogP contribution >= 0.6 is 11.6 Å². The molecule has 0 unspecified atom stereocenters. The monoisotopic (exact) mass is 303 g/mol. The fourth-order valence-electron chi connectivity index (χ4n) is 1.96. The summed E-state index contributed by atoms with van der Waals surface area (Å²) in [5.74, 6) is 0.481. The van der Waals surface area contributed by atoms with E-state index in [1.165, 1.54) is 12.3 Å². The molecule has 0 aliphatic heterocycles. The van der Waals surface area contributed by atoms with E-state index in [1.807, 2.05) is 6.92 Å². The van der Waals surface area contributed by atoms with Crippen LogP contribution in [0.4, 0.5) is 5.82 Å². The molecule has 2 rings (SSSR count). The molecule has 0 atom stereocenters. The van der Waals surface area contributed by atoms with Crippen LogP contribution in [0.1, 0.15) is 26.2 Å². The van der Waals surface area contributed by atoms with Gasteiger partial charge in [0, 0.05) is 25.8 Å². The maximum atomic E-state index is 12.6. The number of aromatic nitrogens is 1. The third kappa shape index (κ3) is 3.01. The van der Waals surface area contributed by atoms with Crippen LogP contribution in [0.5, 0.6) is 0 Å². The van der Waals surface area contributed by atoms with E-state index < -0.39 is 10.0 Å². The molecule has 0 amide bonds. The second-order valence-electron chi connectivity index (χ2n) is 4.60. The molecule has 1 aromatic rings.